The standard InChI is InChI=1S/C12H14N2/c1-8-3-4-12-13-11(7-14(12)6-8)10-5-9(10)2/h3-4,6-7,9-10H,5H2,1-2H3. The first-order chi connectivity index (χ1) is 6.74. The fourth-order valence-corrected chi connectivity index (χ4v) is 2.04. The van der Waals surface area contributed by atoms with Crippen LogP contribution in [0.2, 0.25) is 0 Å². The molecule has 1 saturated carbocycles. The molecule has 2 unspecified atom stereocenters. The highest BCUT2D eigenvalue weighted by atomic mass is 15.0. The van der Waals surface area contributed by atoms with Crippen LogP contribution >= 0.6 is 0 Å². The Morgan fingerprint density at radius 3 is 2.86 bits per heavy atom. The van der Waals surface area contributed by atoms with Crippen LogP contribution in [-0.2, 0) is 0 Å². The van der Waals surface area contributed by atoms with E-state index in [0.29, 0.717) is 0 Å². The summed E-state index contributed by atoms with van der Waals surface area (Å²) in [5.41, 5.74) is 3.62. The number of rotatable bonds is 1. The summed E-state index contributed by atoms with van der Waals surface area (Å²) in [7, 11) is 0. The minimum Gasteiger partial charge on any atom is -0.307 e. The molecule has 3 rings (SSSR count). The second-order valence-electron chi connectivity index (χ2n) is 4.46. The molecule has 2 atom stereocenters. The van der Waals surface area contributed by atoms with Crippen LogP contribution in [0.3, 0.4) is 0 Å². The lowest BCUT2D eigenvalue weighted by Crippen LogP contribution is -1.82. The molecule has 14 heavy (non-hydrogen) atoms. The van der Waals surface area contributed by atoms with Gasteiger partial charge in [0.1, 0.15) is 5.65 Å². The van der Waals surface area contributed by atoms with E-state index in [1.807, 2.05) is 0 Å². The van der Waals surface area contributed by atoms with Crippen LogP contribution in [0.5, 0.6) is 0 Å². The van der Waals surface area contributed by atoms with Gasteiger partial charge >= 0.3 is 0 Å². The lowest BCUT2D eigenvalue weighted by molar-refractivity contribution is 0.894. The molecule has 0 N–H and O–H groups in total. The van der Waals surface area contributed by atoms with Gasteiger partial charge in [0.25, 0.3) is 0 Å². The molecule has 1 fully saturated rings. The van der Waals surface area contributed by atoms with Gasteiger partial charge in [-0.2, -0.15) is 0 Å². The fourth-order valence-electron chi connectivity index (χ4n) is 2.04. The van der Waals surface area contributed by atoms with Gasteiger partial charge in [-0.3, -0.25) is 0 Å². The van der Waals surface area contributed by atoms with Crippen LogP contribution in [-0.4, -0.2) is 9.38 Å². The Bertz CT molecular complexity index is 484. The average Bonchev–Trinajstić information content (AvgIpc) is 2.75. The molecular weight excluding hydrogens is 172 g/mol. The highest BCUT2D eigenvalue weighted by Crippen LogP contribution is 2.46. The quantitative estimate of drug-likeness (QED) is 0.669. The van der Waals surface area contributed by atoms with Crippen molar-refractivity contribution in [2.24, 2.45) is 5.92 Å². The van der Waals surface area contributed by atoms with Crippen molar-refractivity contribution in [1.82, 2.24) is 9.38 Å². The highest BCUT2D eigenvalue weighted by molar-refractivity contribution is 5.42. The van der Waals surface area contributed by atoms with E-state index in [9.17, 15) is 0 Å². The molecule has 2 nitrogen and oxygen atoms in total. The smallest absolute Gasteiger partial charge is 0.136 e. The molecule has 1 aliphatic carbocycles. The molecule has 0 bridgehead atoms. The SMILES string of the molecule is Cc1ccc2nc(C3CC3C)cn2c1. The second kappa shape index (κ2) is 2.59. The van der Waals surface area contributed by atoms with Crippen molar-refractivity contribution < 1.29 is 0 Å². The molecule has 0 radical (unpaired) electrons. The van der Waals surface area contributed by atoms with E-state index in [1.54, 1.807) is 0 Å². The Morgan fingerprint density at radius 1 is 1.36 bits per heavy atom. The van der Waals surface area contributed by atoms with Crippen molar-refractivity contribution in [2.45, 2.75) is 26.2 Å². The van der Waals surface area contributed by atoms with Gasteiger partial charge in [0.2, 0.25) is 0 Å². The summed E-state index contributed by atoms with van der Waals surface area (Å²) >= 11 is 0. The molecule has 0 saturated heterocycles. The summed E-state index contributed by atoms with van der Waals surface area (Å²) in [5.74, 6) is 1.55. The maximum absolute atomic E-state index is 4.63. The Morgan fingerprint density at radius 2 is 2.14 bits per heavy atom. The number of pyridine rings is 1. The first-order valence-electron chi connectivity index (χ1n) is 5.19. The number of aryl methyl sites for hydroxylation is 1. The van der Waals surface area contributed by atoms with E-state index >= 15 is 0 Å². The maximum atomic E-state index is 4.63. The second-order valence-corrected chi connectivity index (χ2v) is 4.46. The van der Waals surface area contributed by atoms with Crippen molar-refractivity contribution in [1.29, 1.82) is 0 Å². The van der Waals surface area contributed by atoms with E-state index < -0.39 is 0 Å². The van der Waals surface area contributed by atoms with E-state index in [-0.39, 0.29) is 0 Å². The minimum absolute atomic E-state index is 0.718. The van der Waals surface area contributed by atoms with E-state index in [0.717, 1.165) is 17.5 Å². The van der Waals surface area contributed by atoms with Crippen LogP contribution < -0.4 is 0 Å². The van der Waals surface area contributed by atoms with Gasteiger partial charge in [-0.25, -0.2) is 4.98 Å². The summed E-state index contributed by atoms with van der Waals surface area (Å²) < 4.78 is 2.13. The van der Waals surface area contributed by atoms with Crippen molar-refractivity contribution in [2.75, 3.05) is 0 Å². The lowest BCUT2D eigenvalue weighted by Gasteiger charge is -1.93. The van der Waals surface area contributed by atoms with Crippen LogP contribution in [0.15, 0.2) is 24.5 Å². The Labute approximate surface area is 83.6 Å². The van der Waals surface area contributed by atoms with E-state index in [1.165, 1.54) is 17.7 Å². The normalized spacial score (nSPS) is 25.6. The Hall–Kier alpha value is -1.31. The predicted octanol–water partition coefficient (Wildman–Crippen LogP) is 2.77. The third kappa shape index (κ3) is 1.14. The number of hydrogen-bond donors (Lipinski definition) is 0. The summed E-state index contributed by atoms with van der Waals surface area (Å²) in [6.45, 7) is 4.40. The fraction of sp³-hybridized carbons (Fsp3) is 0.417. The number of aromatic nitrogens is 2. The summed E-state index contributed by atoms with van der Waals surface area (Å²) in [5, 5.41) is 0. The third-order valence-electron chi connectivity index (χ3n) is 3.11. The van der Waals surface area contributed by atoms with Crippen LogP contribution in [0.4, 0.5) is 0 Å². The van der Waals surface area contributed by atoms with Gasteiger partial charge in [0.15, 0.2) is 0 Å². The zero-order chi connectivity index (χ0) is 9.71. The lowest BCUT2D eigenvalue weighted by atomic mass is 10.3. The summed E-state index contributed by atoms with van der Waals surface area (Å²) in [6, 6.07) is 4.20. The van der Waals surface area contributed by atoms with Crippen molar-refractivity contribution >= 4 is 5.65 Å². The molecule has 72 valence electrons. The third-order valence-corrected chi connectivity index (χ3v) is 3.11. The minimum atomic E-state index is 0.718. The number of imidazole rings is 1. The Balaban J connectivity index is 2.11. The van der Waals surface area contributed by atoms with Gasteiger partial charge in [-0.15, -0.1) is 0 Å². The average molecular weight is 186 g/mol. The molecule has 0 aliphatic heterocycles. The zero-order valence-corrected chi connectivity index (χ0v) is 8.57. The summed E-state index contributed by atoms with van der Waals surface area (Å²) in [6.07, 6.45) is 5.62. The maximum Gasteiger partial charge on any atom is 0.136 e. The van der Waals surface area contributed by atoms with Gasteiger partial charge in [-0.1, -0.05) is 13.0 Å². The molecule has 2 aromatic heterocycles. The van der Waals surface area contributed by atoms with Gasteiger partial charge in [0.05, 0.1) is 5.69 Å². The molecule has 2 aromatic rings. The molecule has 2 heterocycles. The predicted molar refractivity (Wildman–Crippen MR) is 56.5 cm³/mol. The summed E-state index contributed by atoms with van der Waals surface area (Å²) in [4.78, 5) is 4.63. The van der Waals surface area contributed by atoms with Crippen LogP contribution in [0.1, 0.15) is 30.5 Å². The highest BCUT2D eigenvalue weighted by Gasteiger charge is 2.35. The number of nitrogens with zero attached hydrogens (tertiary/aromatic N) is 2. The first kappa shape index (κ1) is 8.04. The van der Waals surface area contributed by atoms with Crippen molar-refractivity contribution in [3.05, 3.63) is 35.8 Å². The first-order valence-corrected chi connectivity index (χ1v) is 5.19. The monoisotopic (exact) mass is 186 g/mol. The van der Waals surface area contributed by atoms with E-state index in [4.69, 9.17) is 0 Å². The molecule has 0 spiro atoms. The Kier molecular flexibility index (Phi) is 1.49. The zero-order valence-electron chi connectivity index (χ0n) is 8.57. The molecule has 2 heteroatoms. The molecular formula is C12H14N2. The molecule has 1 aliphatic rings. The van der Waals surface area contributed by atoms with Crippen LogP contribution in [0.25, 0.3) is 5.65 Å². The molecule has 0 aromatic carbocycles. The van der Waals surface area contributed by atoms with Crippen molar-refractivity contribution in [3.8, 4) is 0 Å². The number of fused-ring (bicyclic) bond motifs is 1. The van der Waals surface area contributed by atoms with Gasteiger partial charge < -0.3 is 4.40 Å². The molecule has 0 amide bonds. The van der Waals surface area contributed by atoms with E-state index in [2.05, 4.69) is 47.8 Å². The van der Waals surface area contributed by atoms with Gasteiger partial charge in [-0.05, 0) is 30.9 Å². The van der Waals surface area contributed by atoms with Crippen molar-refractivity contribution in [3.63, 3.8) is 0 Å². The topological polar surface area (TPSA) is 17.3 Å². The largest absolute Gasteiger partial charge is 0.307 e. The van der Waals surface area contributed by atoms with Crippen LogP contribution in [0, 0.1) is 12.8 Å². The van der Waals surface area contributed by atoms with Gasteiger partial charge in [0, 0.05) is 18.3 Å². The number of hydrogen-bond acceptors (Lipinski definition) is 1.